The van der Waals surface area contributed by atoms with Gasteiger partial charge >= 0.3 is 0 Å². The van der Waals surface area contributed by atoms with Gasteiger partial charge in [0.1, 0.15) is 11.3 Å². The summed E-state index contributed by atoms with van der Waals surface area (Å²) in [5.41, 5.74) is 6.49. The molecule has 0 bridgehead atoms. The van der Waals surface area contributed by atoms with E-state index in [1.807, 2.05) is 13.8 Å². The van der Waals surface area contributed by atoms with Gasteiger partial charge in [-0.2, -0.15) is 0 Å². The maximum atomic E-state index is 13.6. The van der Waals surface area contributed by atoms with Crippen LogP contribution in [0, 0.1) is 5.82 Å². The van der Waals surface area contributed by atoms with Crippen LogP contribution >= 0.6 is 0 Å². The summed E-state index contributed by atoms with van der Waals surface area (Å²) >= 11 is 0. The number of rotatable bonds is 5. The summed E-state index contributed by atoms with van der Waals surface area (Å²) in [7, 11) is 0. The minimum absolute atomic E-state index is 0.223. The van der Waals surface area contributed by atoms with Crippen LogP contribution in [0.5, 0.6) is 0 Å². The Hall–Kier alpha value is -1.95. The Morgan fingerprint density at radius 1 is 1.45 bits per heavy atom. The van der Waals surface area contributed by atoms with E-state index >= 15 is 0 Å². The van der Waals surface area contributed by atoms with Crippen LogP contribution in [0.3, 0.4) is 0 Å². The zero-order valence-electron chi connectivity index (χ0n) is 11.7. The molecule has 0 radical (unpaired) electrons. The van der Waals surface area contributed by atoms with Gasteiger partial charge < -0.3 is 16.0 Å². The molecule has 20 heavy (non-hydrogen) atoms. The fourth-order valence-corrected chi connectivity index (χ4v) is 2.26. The molecular formula is C14H19FN4O. The first-order valence-electron chi connectivity index (χ1n) is 6.70. The fraction of sp³-hybridized carbons (Fsp3) is 0.429. The van der Waals surface area contributed by atoms with Crippen molar-refractivity contribution in [3.05, 3.63) is 29.8 Å². The Labute approximate surface area is 116 Å². The Morgan fingerprint density at radius 2 is 2.15 bits per heavy atom. The SMILES string of the molecule is CCC(CC)(CN)NC(=O)c1cc(F)cc2[nH]cnc12. The summed E-state index contributed by atoms with van der Waals surface area (Å²) in [6, 6.07) is 2.51. The zero-order chi connectivity index (χ0) is 14.8. The van der Waals surface area contributed by atoms with Gasteiger partial charge in [-0.05, 0) is 25.0 Å². The number of fused-ring (bicyclic) bond motifs is 1. The van der Waals surface area contributed by atoms with E-state index in [2.05, 4.69) is 15.3 Å². The largest absolute Gasteiger partial charge is 0.345 e. The molecule has 0 saturated carbocycles. The molecule has 0 spiro atoms. The topological polar surface area (TPSA) is 83.8 Å². The number of nitrogens with one attached hydrogen (secondary N) is 2. The quantitative estimate of drug-likeness (QED) is 0.781. The van der Waals surface area contributed by atoms with E-state index in [-0.39, 0.29) is 11.5 Å². The highest BCUT2D eigenvalue weighted by Crippen LogP contribution is 2.20. The van der Waals surface area contributed by atoms with Crippen molar-refractivity contribution in [3.63, 3.8) is 0 Å². The lowest BCUT2D eigenvalue weighted by Crippen LogP contribution is -2.52. The molecule has 4 N–H and O–H groups in total. The van der Waals surface area contributed by atoms with Crippen molar-refractivity contribution in [1.29, 1.82) is 0 Å². The molecule has 2 aromatic rings. The van der Waals surface area contributed by atoms with Crippen molar-refractivity contribution in [1.82, 2.24) is 15.3 Å². The van der Waals surface area contributed by atoms with Crippen molar-refractivity contribution >= 4 is 16.9 Å². The van der Waals surface area contributed by atoms with Gasteiger partial charge in [-0.1, -0.05) is 13.8 Å². The summed E-state index contributed by atoms with van der Waals surface area (Å²) < 4.78 is 13.6. The summed E-state index contributed by atoms with van der Waals surface area (Å²) in [5, 5.41) is 2.92. The molecule has 108 valence electrons. The molecule has 1 amide bonds. The second kappa shape index (κ2) is 5.58. The number of hydrogen-bond acceptors (Lipinski definition) is 3. The van der Waals surface area contributed by atoms with E-state index in [1.54, 1.807) is 0 Å². The molecule has 1 heterocycles. The minimum atomic E-state index is -0.474. The monoisotopic (exact) mass is 278 g/mol. The van der Waals surface area contributed by atoms with Gasteiger partial charge in [0, 0.05) is 6.54 Å². The van der Waals surface area contributed by atoms with Crippen LogP contribution in [0.2, 0.25) is 0 Å². The number of halogens is 1. The number of H-pyrrole nitrogens is 1. The third-order valence-electron chi connectivity index (χ3n) is 3.86. The molecule has 0 aliphatic rings. The van der Waals surface area contributed by atoms with Gasteiger partial charge in [0.15, 0.2) is 0 Å². The number of hydrogen-bond donors (Lipinski definition) is 3. The Bertz CT molecular complexity index is 610. The molecule has 0 fully saturated rings. The smallest absolute Gasteiger partial charge is 0.254 e. The number of carbonyl (C=O) groups is 1. The average molecular weight is 278 g/mol. The van der Waals surface area contributed by atoms with Gasteiger partial charge in [0.25, 0.3) is 5.91 Å². The van der Waals surface area contributed by atoms with Crippen LogP contribution in [0.1, 0.15) is 37.0 Å². The second-order valence-corrected chi connectivity index (χ2v) is 4.90. The highest BCUT2D eigenvalue weighted by atomic mass is 19.1. The van der Waals surface area contributed by atoms with Crippen molar-refractivity contribution in [2.24, 2.45) is 5.73 Å². The zero-order valence-corrected chi connectivity index (χ0v) is 11.7. The molecule has 0 unspecified atom stereocenters. The van der Waals surface area contributed by atoms with E-state index in [1.165, 1.54) is 18.5 Å². The van der Waals surface area contributed by atoms with Crippen LogP contribution in [-0.2, 0) is 0 Å². The van der Waals surface area contributed by atoms with Crippen LogP contribution in [0.25, 0.3) is 11.0 Å². The average Bonchev–Trinajstić information content (AvgIpc) is 2.91. The van der Waals surface area contributed by atoms with Gasteiger partial charge in [-0.3, -0.25) is 4.79 Å². The highest BCUT2D eigenvalue weighted by Gasteiger charge is 2.28. The molecular weight excluding hydrogens is 259 g/mol. The van der Waals surface area contributed by atoms with Crippen molar-refractivity contribution in [3.8, 4) is 0 Å². The van der Waals surface area contributed by atoms with Gasteiger partial charge in [-0.15, -0.1) is 0 Å². The van der Waals surface area contributed by atoms with Crippen LogP contribution < -0.4 is 11.1 Å². The van der Waals surface area contributed by atoms with Crippen molar-refractivity contribution < 1.29 is 9.18 Å². The fourth-order valence-electron chi connectivity index (χ4n) is 2.26. The predicted octanol–water partition coefficient (Wildman–Crippen LogP) is 1.95. The number of imidazole rings is 1. The van der Waals surface area contributed by atoms with Gasteiger partial charge in [0.2, 0.25) is 0 Å². The Morgan fingerprint density at radius 3 is 2.75 bits per heavy atom. The van der Waals surface area contributed by atoms with E-state index in [9.17, 15) is 9.18 Å². The third-order valence-corrected chi connectivity index (χ3v) is 3.86. The van der Waals surface area contributed by atoms with Crippen LogP contribution in [-0.4, -0.2) is 28.0 Å². The first-order chi connectivity index (χ1) is 9.55. The highest BCUT2D eigenvalue weighted by molar-refractivity contribution is 6.05. The normalized spacial score (nSPS) is 11.8. The molecule has 2 rings (SSSR count). The van der Waals surface area contributed by atoms with E-state index in [0.29, 0.717) is 30.4 Å². The summed E-state index contributed by atoms with van der Waals surface area (Å²) in [4.78, 5) is 19.3. The Kier molecular flexibility index (Phi) is 4.04. The van der Waals surface area contributed by atoms with Crippen LogP contribution in [0.4, 0.5) is 4.39 Å². The maximum absolute atomic E-state index is 13.6. The maximum Gasteiger partial charge on any atom is 0.254 e. The molecule has 1 aromatic carbocycles. The molecule has 5 nitrogen and oxygen atoms in total. The minimum Gasteiger partial charge on any atom is -0.345 e. The Balaban J connectivity index is 2.38. The van der Waals surface area contributed by atoms with E-state index in [0.717, 1.165) is 0 Å². The first kappa shape index (κ1) is 14.5. The summed E-state index contributed by atoms with van der Waals surface area (Å²) in [6.45, 7) is 4.27. The molecule has 0 atom stereocenters. The predicted molar refractivity (Wildman–Crippen MR) is 75.9 cm³/mol. The second-order valence-electron chi connectivity index (χ2n) is 4.90. The van der Waals surface area contributed by atoms with Crippen molar-refractivity contribution in [2.75, 3.05) is 6.54 Å². The van der Waals surface area contributed by atoms with E-state index in [4.69, 9.17) is 5.73 Å². The number of carbonyl (C=O) groups excluding carboxylic acids is 1. The number of aromatic nitrogens is 2. The van der Waals surface area contributed by atoms with Gasteiger partial charge in [-0.25, -0.2) is 9.37 Å². The number of amides is 1. The first-order valence-corrected chi connectivity index (χ1v) is 6.70. The summed E-state index contributed by atoms with van der Waals surface area (Å²) in [5.74, 6) is -0.825. The van der Waals surface area contributed by atoms with Crippen LogP contribution in [0.15, 0.2) is 18.5 Å². The van der Waals surface area contributed by atoms with E-state index < -0.39 is 11.4 Å². The molecule has 1 aromatic heterocycles. The number of nitrogens with zero attached hydrogens (tertiary/aromatic N) is 1. The lowest BCUT2D eigenvalue weighted by atomic mass is 9.92. The number of nitrogens with two attached hydrogens (primary N) is 1. The summed E-state index contributed by atoms with van der Waals surface area (Å²) in [6.07, 6.45) is 2.87. The number of aromatic amines is 1. The third kappa shape index (κ3) is 2.51. The van der Waals surface area contributed by atoms with Crippen molar-refractivity contribution in [2.45, 2.75) is 32.2 Å². The molecule has 0 aliphatic carbocycles. The lowest BCUT2D eigenvalue weighted by Gasteiger charge is -2.31. The van der Waals surface area contributed by atoms with Gasteiger partial charge in [0.05, 0.1) is 22.9 Å². The molecule has 0 saturated heterocycles. The lowest BCUT2D eigenvalue weighted by molar-refractivity contribution is 0.0896. The number of benzene rings is 1. The molecule has 0 aliphatic heterocycles. The standard InChI is InChI=1S/C14H19FN4O/c1-3-14(4-2,7-16)19-13(20)10-5-9(15)6-11-12(10)18-8-17-11/h5-6,8H,3-4,7,16H2,1-2H3,(H,17,18)(H,19,20). The molecule has 6 heteroatoms.